The van der Waals surface area contributed by atoms with E-state index >= 15 is 0 Å². The lowest BCUT2D eigenvalue weighted by atomic mass is 9.96. The highest BCUT2D eigenvalue weighted by Crippen LogP contribution is 2.24. The number of amides is 1. The predicted molar refractivity (Wildman–Crippen MR) is 88.5 cm³/mol. The molecule has 4 nitrogen and oxygen atoms in total. The van der Waals surface area contributed by atoms with Gasteiger partial charge in [0.05, 0.1) is 11.6 Å². The van der Waals surface area contributed by atoms with Gasteiger partial charge >= 0.3 is 0 Å². The van der Waals surface area contributed by atoms with Crippen molar-refractivity contribution in [2.45, 2.75) is 44.7 Å². The molecule has 22 heavy (non-hydrogen) atoms. The van der Waals surface area contributed by atoms with Crippen LogP contribution in [-0.2, 0) is 6.42 Å². The molecule has 0 spiro atoms. The van der Waals surface area contributed by atoms with Gasteiger partial charge in [0.1, 0.15) is 5.82 Å². The molecule has 1 aromatic heterocycles. The molecule has 0 fully saturated rings. The summed E-state index contributed by atoms with van der Waals surface area (Å²) in [4.78, 5) is 23.3. The highest BCUT2D eigenvalue weighted by atomic mass is 16.2. The standard InChI is InChI=1S/C18H23N3O/c1-4-8-15-10-7-11-16(9-5-2)21(15)18(22)14-12-19-17(6-3)20-13-14/h4-5,7,10,12-13,15-16H,1-2,6,8-9,11H2,3H3/t15-,16-/m0/s1. The van der Waals surface area contributed by atoms with Gasteiger partial charge in [-0.05, 0) is 19.3 Å². The van der Waals surface area contributed by atoms with Crippen molar-refractivity contribution >= 4 is 5.91 Å². The first-order chi connectivity index (χ1) is 10.7. The molecule has 2 atom stereocenters. The van der Waals surface area contributed by atoms with Crippen molar-refractivity contribution in [2.24, 2.45) is 0 Å². The average molecular weight is 297 g/mol. The van der Waals surface area contributed by atoms with Crippen LogP contribution in [0.3, 0.4) is 0 Å². The molecular formula is C18H23N3O. The third-order valence-corrected chi connectivity index (χ3v) is 3.87. The van der Waals surface area contributed by atoms with Crippen LogP contribution in [-0.4, -0.2) is 32.9 Å². The Morgan fingerprint density at radius 1 is 1.32 bits per heavy atom. The van der Waals surface area contributed by atoms with Gasteiger partial charge in [0.2, 0.25) is 0 Å². The van der Waals surface area contributed by atoms with Gasteiger partial charge in [0.15, 0.2) is 0 Å². The van der Waals surface area contributed by atoms with E-state index in [1.54, 1.807) is 12.4 Å². The van der Waals surface area contributed by atoms with E-state index in [2.05, 4.69) is 35.3 Å². The topological polar surface area (TPSA) is 46.1 Å². The molecule has 0 N–H and O–H groups in total. The lowest BCUT2D eigenvalue weighted by molar-refractivity contribution is 0.0606. The predicted octanol–water partition coefficient (Wildman–Crippen LogP) is 3.33. The first-order valence-corrected chi connectivity index (χ1v) is 7.73. The maximum absolute atomic E-state index is 12.9. The fourth-order valence-corrected chi connectivity index (χ4v) is 2.75. The number of hydrogen-bond acceptors (Lipinski definition) is 3. The van der Waals surface area contributed by atoms with Crippen molar-refractivity contribution in [2.75, 3.05) is 0 Å². The van der Waals surface area contributed by atoms with Crippen LogP contribution in [0.15, 0.2) is 49.9 Å². The SMILES string of the molecule is C=CC[C@H]1CC=C[C@H](CC=C)N1C(=O)c1cnc(CC)nc1. The van der Waals surface area contributed by atoms with E-state index in [9.17, 15) is 4.79 Å². The Morgan fingerprint density at radius 2 is 2.00 bits per heavy atom. The quantitative estimate of drug-likeness (QED) is 0.757. The molecule has 1 aromatic rings. The highest BCUT2D eigenvalue weighted by molar-refractivity contribution is 5.94. The molecule has 1 aliphatic heterocycles. The van der Waals surface area contributed by atoms with Crippen molar-refractivity contribution in [3.63, 3.8) is 0 Å². The molecule has 2 heterocycles. The second kappa shape index (κ2) is 7.69. The summed E-state index contributed by atoms with van der Waals surface area (Å²) < 4.78 is 0. The van der Waals surface area contributed by atoms with E-state index in [0.717, 1.165) is 31.5 Å². The van der Waals surface area contributed by atoms with Crippen LogP contribution >= 0.6 is 0 Å². The molecule has 2 rings (SSSR count). The Labute approximate surface area is 132 Å². The number of nitrogens with zero attached hydrogens (tertiary/aromatic N) is 3. The summed E-state index contributed by atoms with van der Waals surface area (Å²) >= 11 is 0. The normalized spacial score (nSPS) is 20.7. The first-order valence-electron chi connectivity index (χ1n) is 7.73. The lowest BCUT2D eigenvalue weighted by Gasteiger charge is -2.38. The summed E-state index contributed by atoms with van der Waals surface area (Å²) in [7, 11) is 0. The number of aromatic nitrogens is 2. The highest BCUT2D eigenvalue weighted by Gasteiger charge is 2.31. The van der Waals surface area contributed by atoms with Crippen molar-refractivity contribution in [1.29, 1.82) is 0 Å². The van der Waals surface area contributed by atoms with Gasteiger partial charge in [0, 0.05) is 24.9 Å². The van der Waals surface area contributed by atoms with E-state index in [1.165, 1.54) is 0 Å². The Balaban J connectivity index is 2.28. The molecule has 0 saturated heterocycles. The summed E-state index contributed by atoms with van der Waals surface area (Å²) in [5, 5.41) is 0. The third-order valence-electron chi connectivity index (χ3n) is 3.87. The minimum Gasteiger partial charge on any atom is -0.328 e. The third kappa shape index (κ3) is 3.50. The van der Waals surface area contributed by atoms with E-state index < -0.39 is 0 Å². The number of hydrogen-bond donors (Lipinski definition) is 0. The fourth-order valence-electron chi connectivity index (χ4n) is 2.75. The van der Waals surface area contributed by atoms with Crippen LogP contribution in [0.25, 0.3) is 0 Å². The zero-order valence-corrected chi connectivity index (χ0v) is 13.1. The molecule has 0 unspecified atom stereocenters. The molecule has 1 amide bonds. The Morgan fingerprint density at radius 3 is 2.59 bits per heavy atom. The molecule has 0 bridgehead atoms. The van der Waals surface area contributed by atoms with Gasteiger partial charge in [-0.3, -0.25) is 4.79 Å². The van der Waals surface area contributed by atoms with Crippen molar-refractivity contribution in [3.05, 3.63) is 61.2 Å². The molecule has 116 valence electrons. The maximum atomic E-state index is 12.9. The Bertz CT molecular complexity index is 562. The molecule has 0 aliphatic carbocycles. The summed E-state index contributed by atoms with van der Waals surface area (Å²) in [6, 6.07) is 0.167. The fraction of sp³-hybridized carbons (Fsp3) is 0.389. The monoisotopic (exact) mass is 297 g/mol. The molecular weight excluding hydrogens is 274 g/mol. The van der Waals surface area contributed by atoms with E-state index in [1.807, 2.05) is 24.0 Å². The Hall–Kier alpha value is -2.23. The second-order valence-electron chi connectivity index (χ2n) is 5.39. The zero-order valence-electron chi connectivity index (χ0n) is 13.1. The van der Waals surface area contributed by atoms with Crippen molar-refractivity contribution in [3.8, 4) is 0 Å². The minimum atomic E-state index is -0.0225. The molecule has 0 radical (unpaired) electrons. The Kier molecular flexibility index (Phi) is 5.64. The van der Waals surface area contributed by atoms with Crippen molar-refractivity contribution < 1.29 is 4.79 Å². The van der Waals surface area contributed by atoms with E-state index in [4.69, 9.17) is 0 Å². The van der Waals surface area contributed by atoms with Gasteiger partial charge in [0.25, 0.3) is 5.91 Å². The number of rotatable bonds is 6. The summed E-state index contributed by atoms with van der Waals surface area (Å²) in [5.74, 6) is 0.728. The van der Waals surface area contributed by atoms with E-state index in [0.29, 0.717) is 5.56 Å². The van der Waals surface area contributed by atoms with Crippen molar-refractivity contribution in [1.82, 2.24) is 14.9 Å². The average Bonchev–Trinajstić information content (AvgIpc) is 2.55. The number of carbonyl (C=O) groups excluding carboxylic acids is 1. The van der Waals surface area contributed by atoms with Gasteiger partial charge in [-0.25, -0.2) is 9.97 Å². The number of carbonyl (C=O) groups is 1. The summed E-state index contributed by atoms with van der Waals surface area (Å²) in [5.41, 5.74) is 0.538. The maximum Gasteiger partial charge on any atom is 0.257 e. The smallest absolute Gasteiger partial charge is 0.257 e. The van der Waals surface area contributed by atoms with Crippen LogP contribution in [0.4, 0.5) is 0 Å². The largest absolute Gasteiger partial charge is 0.328 e. The summed E-state index contributed by atoms with van der Waals surface area (Å²) in [6.45, 7) is 9.60. The first kappa shape index (κ1) is 16.1. The van der Waals surface area contributed by atoms with Gasteiger partial charge in [-0.2, -0.15) is 0 Å². The van der Waals surface area contributed by atoms with Crippen LogP contribution in [0.5, 0.6) is 0 Å². The second-order valence-corrected chi connectivity index (χ2v) is 5.39. The molecule has 0 saturated carbocycles. The van der Waals surface area contributed by atoms with Gasteiger partial charge in [-0.1, -0.05) is 31.2 Å². The van der Waals surface area contributed by atoms with Crippen LogP contribution in [0.1, 0.15) is 42.4 Å². The zero-order chi connectivity index (χ0) is 15.9. The molecule has 4 heteroatoms. The van der Waals surface area contributed by atoms with Crippen LogP contribution in [0.2, 0.25) is 0 Å². The number of aryl methyl sites for hydroxylation is 1. The molecule has 1 aliphatic rings. The van der Waals surface area contributed by atoms with E-state index in [-0.39, 0.29) is 18.0 Å². The minimum absolute atomic E-state index is 0.0225. The molecule has 0 aromatic carbocycles. The van der Waals surface area contributed by atoms with Crippen LogP contribution in [0, 0.1) is 0 Å². The summed E-state index contributed by atoms with van der Waals surface area (Å²) in [6.07, 6.45) is 14.3. The lowest BCUT2D eigenvalue weighted by Crippen LogP contribution is -2.48. The van der Waals surface area contributed by atoms with Gasteiger partial charge in [-0.15, -0.1) is 13.2 Å². The van der Waals surface area contributed by atoms with Gasteiger partial charge < -0.3 is 4.90 Å². The van der Waals surface area contributed by atoms with Crippen LogP contribution < -0.4 is 0 Å².